The Morgan fingerprint density at radius 1 is 1.33 bits per heavy atom. The van der Waals surface area contributed by atoms with Gasteiger partial charge < -0.3 is 15.2 Å². The van der Waals surface area contributed by atoms with Crippen LogP contribution in [0.1, 0.15) is 37.5 Å². The fraction of sp³-hybridized carbons (Fsp3) is 0.375. The zero-order chi connectivity index (χ0) is 17.1. The molecular formula is C16H20N6OS. The van der Waals surface area contributed by atoms with Crippen molar-refractivity contribution in [2.45, 2.75) is 39.9 Å². The maximum atomic E-state index is 10.9. The third-order valence-corrected chi connectivity index (χ3v) is 4.47. The van der Waals surface area contributed by atoms with Crippen LogP contribution in [-0.2, 0) is 17.9 Å². The van der Waals surface area contributed by atoms with Gasteiger partial charge in [0, 0.05) is 24.5 Å². The van der Waals surface area contributed by atoms with Gasteiger partial charge in [-0.15, -0.1) is 11.3 Å². The molecule has 0 atom stereocenters. The number of imidazole rings is 1. The van der Waals surface area contributed by atoms with Gasteiger partial charge in [0.25, 0.3) is 0 Å². The Bertz CT molecular complexity index is 853. The summed E-state index contributed by atoms with van der Waals surface area (Å²) in [5, 5.41) is 8.92. The minimum Gasteiger partial charge on any atom is -0.363 e. The van der Waals surface area contributed by atoms with Gasteiger partial charge in [-0.2, -0.15) is 0 Å². The van der Waals surface area contributed by atoms with Gasteiger partial charge in [0.1, 0.15) is 10.5 Å². The summed E-state index contributed by atoms with van der Waals surface area (Å²) >= 11 is 1.53. The SMILES string of the molecule is CC(=O)NCc1nc(CNc2nccc3c2ncn3C(C)C)cs1. The van der Waals surface area contributed by atoms with E-state index in [2.05, 4.69) is 44.0 Å². The Labute approximate surface area is 144 Å². The number of fused-ring (bicyclic) bond motifs is 1. The van der Waals surface area contributed by atoms with Gasteiger partial charge in [-0.1, -0.05) is 0 Å². The van der Waals surface area contributed by atoms with Crippen molar-refractivity contribution in [3.05, 3.63) is 34.7 Å². The van der Waals surface area contributed by atoms with Crippen molar-refractivity contribution < 1.29 is 4.79 Å². The summed E-state index contributed by atoms with van der Waals surface area (Å²) in [6.07, 6.45) is 3.63. The van der Waals surface area contributed by atoms with Crippen LogP contribution in [0.5, 0.6) is 0 Å². The van der Waals surface area contributed by atoms with Crippen LogP contribution in [0.25, 0.3) is 11.0 Å². The average molecular weight is 344 g/mol. The summed E-state index contributed by atoms with van der Waals surface area (Å²) in [6, 6.07) is 2.32. The number of carbonyl (C=O) groups is 1. The average Bonchev–Trinajstić information content (AvgIpc) is 3.17. The lowest BCUT2D eigenvalue weighted by Crippen LogP contribution is -2.18. The summed E-state index contributed by atoms with van der Waals surface area (Å²) in [6.45, 7) is 6.78. The van der Waals surface area contributed by atoms with E-state index in [-0.39, 0.29) is 5.91 Å². The molecule has 3 aromatic rings. The van der Waals surface area contributed by atoms with Crippen LogP contribution in [0, 0.1) is 0 Å². The smallest absolute Gasteiger partial charge is 0.217 e. The van der Waals surface area contributed by atoms with E-state index in [4.69, 9.17) is 0 Å². The van der Waals surface area contributed by atoms with E-state index in [1.54, 1.807) is 6.20 Å². The van der Waals surface area contributed by atoms with Crippen molar-refractivity contribution in [3.8, 4) is 0 Å². The lowest BCUT2D eigenvalue weighted by Gasteiger charge is -2.09. The van der Waals surface area contributed by atoms with Crippen molar-refractivity contribution >= 4 is 34.1 Å². The van der Waals surface area contributed by atoms with Gasteiger partial charge >= 0.3 is 0 Å². The highest BCUT2D eigenvalue weighted by Crippen LogP contribution is 2.22. The molecule has 0 aromatic carbocycles. The van der Waals surface area contributed by atoms with Crippen LogP contribution < -0.4 is 10.6 Å². The standard InChI is InChI=1S/C16H20N6OS/c1-10(2)22-9-20-15-13(22)4-5-17-16(15)19-6-12-8-24-14(21-12)7-18-11(3)23/h4-5,8-10H,6-7H2,1-3H3,(H,17,19)(H,18,23). The zero-order valence-electron chi connectivity index (χ0n) is 13.9. The highest BCUT2D eigenvalue weighted by Gasteiger charge is 2.11. The van der Waals surface area contributed by atoms with Gasteiger partial charge in [0.2, 0.25) is 5.91 Å². The molecule has 8 heteroatoms. The monoisotopic (exact) mass is 344 g/mol. The van der Waals surface area contributed by atoms with E-state index in [0.29, 0.717) is 19.1 Å². The number of thiazole rings is 1. The normalized spacial score (nSPS) is 11.2. The second-order valence-corrected chi connectivity index (χ2v) is 6.71. The third kappa shape index (κ3) is 3.53. The highest BCUT2D eigenvalue weighted by atomic mass is 32.1. The Kier molecular flexibility index (Phi) is 4.75. The van der Waals surface area contributed by atoms with Crippen molar-refractivity contribution in [1.82, 2.24) is 24.8 Å². The second-order valence-electron chi connectivity index (χ2n) is 5.77. The van der Waals surface area contributed by atoms with Crippen molar-refractivity contribution in [3.63, 3.8) is 0 Å². The quantitative estimate of drug-likeness (QED) is 0.718. The number of pyridine rings is 1. The number of hydrogen-bond donors (Lipinski definition) is 2. The van der Waals surface area contributed by atoms with Crippen LogP contribution in [0.15, 0.2) is 24.0 Å². The van der Waals surface area contributed by atoms with E-state index in [1.807, 2.05) is 17.8 Å². The van der Waals surface area contributed by atoms with Crippen LogP contribution >= 0.6 is 11.3 Å². The first-order chi connectivity index (χ1) is 11.5. The Hall–Kier alpha value is -2.48. The van der Waals surface area contributed by atoms with Crippen LogP contribution in [0.2, 0.25) is 0 Å². The van der Waals surface area contributed by atoms with E-state index in [9.17, 15) is 4.79 Å². The molecule has 0 bridgehead atoms. The molecule has 0 saturated carbocycles. The first kappa shape index (κ1) is 16.4. The number of nitrogens with zero attached hydrogens (tertiary/aromatic N) is 4. The molecule has 0 fully saturated rings. The Morgan fingerprint density at radius 3 is 2.92 bits per heavy atom. The molecule has 0 spiro atoms. The van der Waals surface area contributed by atoms with Crippen molar-refractivity contribution in [2.75, 3.05) is 5.32 Å². The molecule has 24 heavy (non-hydrogen) atoms. The maximum absolute atomic E-state index is 10.9. The lowest BCUT2D eigenvalue weighted by atomic mass is 10.3. The maximum Gasteiger partial charge on any atom is 0.217 e. The first-order valence-electron chi connectivity index (χ1n) is 7.77. The summed E-state index contributed by atoms with van der Waals surface area (Å²) in [7, 11) is 0. The zero-order valence-corrected chi connectivity index (χ0v) is 14.7. The molecule has 1 amide bonds. The summed E-state index contributed by atoms with van der Waals surface area (Å²) < 4.78 is 2.12. The van der Waals surface area contributed by atoms with E-state index in [1.165, 1.54) is 18.3 Å². The lowest BCUT2D eigenvalue weighted by molar-refractivity contribution is -0.119. The number of anilines is 1. The fourth-order valence-corrected chi connectivity index (χ4v) is 3.12. The Morgan fingerprint density at radius 2 is 2.17 bits per heavy atom. The highest BCUT2D eigenvalue weighted by molar-refractivity contribution is 7.09. The van der Waals surface area contributed by atoms with Gasteiger partial charge in [0.15, 0.2) is 5.82 Å². The van der Waals surface area contributed by atoms with E-state index in [0.717, 1.165) is 27.6 Å². The number of carbonyl (C=O) groups excluding carboxylic acids is 1. The molecule has 0 unspecified atom stereocenters. The van der Waals surface area contributed by atoms with Crippen molar-refractivity contribution in [2.24, 2.45) is 0 Å². The minimum atomic E-state index is -0.0542. The predicted octanol–water partition coefficient (Wildman–Crippen LogP) is 2.72. The number of amides is 1. The van der Waals surface area contributed by atoms with Gasteiger partial charge in [0.05, 0.1) is 30.6 Å². The van der Waals surface area contributed by atoms with Crippen LogP contribution in [0.4, 0.5) is 5.82 Å². The summed E-state index contributed by atoms with van der Waals surface area (Å²) in [4.78, 5) is 24.3. The molecule has 0 radical (unpaired) electrons. The van der Waals surface area contributed by atoms with E-state index >= 15 is 0 Å². The Balaban J connectivity index is 1.71. The number of rotatable bonds is 6. The minimum absolute atomic E-state index is 0.0542. The molecule has 3 heterocycles. The molecule has 126 valence electrons. The van der Waals surface area contributed by atoms with Gasteiger partial charge in [-0.05, 0) is 19.9 Å². The first-order valence-corrected chi connectivity index (χ1v) is 8.65. The summed E-state index contributed by atoms with van der Waals surface area (Å²) in [5.41, 5.74) is 2.84. The van der Waals surface area contributed by atoms with Gasteiger partial charge in [-0.3, -0.25) is 4.79 Å². The van der Waals surface area contributed by atoms with Crippen molar-refractivity contribution in [1.29, 1.82) is 0 Å². The largest absolute Gasteiger partial charge is 0.363 e. The third-order valence-electron chi connectivity index (χ3n) is 3.57. The molecule has 0 aliphatic heterocycles. The van der Waals surface area contributed by atoms with Crippen LogP contribution in [-0.4, -0.2) is 25.4 Å². The molecule has 0 aliphatic rings. The number of nitrogens with one attached hydrogen (secondary N) is 2. The molecular weight excluding hydrogens is 324 g/mol. The molecule has 3 rings (SSSR count). The molecule has 2 N–H and O–H groups in total. The molecule has 0 aliphatic carbocycles. The van der Waals surface area contributed by atoms with Gasteiger partial charge in [-0.25, -0.2) is 15.0 Å². The molecule has 7 nitrogen and oxygen atoms in total. The number of aromatic nitrogens is 4. The number of hydrogen-bond acceptors (Lipinski definition) is 6. The fourth-order valence-electron chi connectivity index (χ4n) is 2.39. The topological polar surface area (TPSA) is 84.7 Å². The summed E-state index contributed by atoms with van der Waals surface area (Å²) in [5.74, 6) is 0.699. The van der Waals surface area contributed by atoms with Crippen LogP contribution in [0.3, 0.4) is 0 Å². The predicted molar refractivity (Wildman–Crippen MR) is 94.9 cm³/mol. The second kappa shape index (κ2) is 6.96. The van der Waals surface area contributed by atoms with E-state index < -0.39 is 0 Å². The molecule has 3 aromatic heterocycles. The molecule has 0 saturated heterocycles.